The van der Waals surface area contributed by atoms with Crippen molar-refractivity contribution in [1.29, 1.82) is 0 Å². The lowest BCUT2D eigenvalue weighted by molar-refractivity contribution is 0.543. The van der Waals surface area contributed by atoms with Crippen molar-refractivity contribution in [2.45, 2.75) is 6.92 Å². The van der Waals surface area contributed by atoms with Crippen LogP contribution in [0.1, 0.15) is 6.92 Å². The summed E-state index contributed by atoms with van der Waals surface area (Å²) in [7, 11) is 0. The molecule has 0 fully saturated rings. The molecule has 0 aromatic rings. The highest BCUT2D eigenvalue weighted by molar-refractivity contribution is 5.17. The molecule has 0 aromatic heterocycles. The quantitative estimate of drug-likeness (QED) is 0.534. The second kappa shape index (κ2) is 4.91. The van der Waals surface area contributed by atoms with Gasteiger partial charge in [0, 0.05) is 0 Å². The van der Waals surface area contributed by atoms with E-state index in [4.69, 9.17) is 0 Å². The van der Waals surface area contributed by atoms with Gasteiger partial charge < -0.3 is 0 Å². The normalized spacial score (nSPS) is 12.5. The third kappa shape index (κ3) is 5.22. The molecule has 0 aliphatic carbocycles. The molecule has 0 nitrogen and oxygen atoms in total. The molecule has 56 valence electrons. The van der Waals surface area contributed by atoms with Crippen LogP contribution in [0, 0.1) is 0 Å². The minimum absolute atomic E-state index is 0.497. The van der Waals surface area contributed by atoms with E-state index in [0.29, 0.717) is 5.57 Å². The highest BCUT2D eigenvalue weighted by Crippen LogP contribution is 1.96. The van der Waals surface area contributed by atoms with Gasteiger partial charge in [-0.3, -0.25) is 0 Å². The Bertz CT molecular complexity index is 166. The summed E-state index contributed by atoms with van der Waals surface area (Å²) >= 11 is 0. The second-order valence-electron chi connectivity index (χ2n) is 1.95. The largest absolute Gasteiger partial charge is 0.246 e. The Kier molecular flexibility index (Phi) is 4.46. The van der Waals surface area contributed by atoms with Gasteiger partial charge in [-0.1, -0.05) is 18.7 Å². The molecular formula is C8H10F2. The highest BCUT2D eigenvalue weighted by Gasteiger charge is 1.81. The first-order valence-electron chi connectivity index (χ1n) is 2.91. The third-order valence-electron chi connectivity index (χ3n) is 0.869. The first kappa shape index (κ1) is 9.08. The van der Waals surface area contributed by atoms with E-state index in [-0.39, 0.29) is 0 Å². The SMILES string of the molecule is C=C(F)/C=C\C=C(\C)CF. The minimum Gasteiger partial charge on any atom is -0.246 e. The molecule has 0 amide bonds. The van der Waals surface area contributed by atoms with Gasteiger partial charge in [-0.25, -0.2) is 8.78 Å². The van der Waals surface area contributed by atoms with E-state index in [1.165, 1.54) is 18.2 Å². The van der Waals surface area contributed by atoms with E-state index in [0.717, 1.165) is 0 Å². The van der Waals surface area contributed by atoms with Gasteiger partial charge in [-0.15, -0.1) is 0 Å². The first-order valence-corrected chi connectivity index (χ1v) is 2.91. The summed E-state index contributed by atoms with van der Waals surface area (Å²) in [5.41, 5.74) is 0.567. The van der Waals surface area contributed by atoms with Crippen LogP contribution in [0.15, 0.2) is 36.2 Å². The van der Waals surface area contributed by atoms with Crippen LogP contribution in [0.2, 0.25) is 0 Å². The Morgan fingerprint density at radius 3 is 2.60 bits per heavy atom. The van der Waals surface area contributed by atoms with Crippen LogP contribution in [-0.4, -0.2) is 6.67 Å². The van der Waals surface area contributed by atoms with E-state index in [1.807, 2.05) is 0 Å². The zero-order valence-corrected chi connectivity index (χ0v) is 5.90. The Morgan fingerprint density at radius 1 is 1.60 bits per heavy atom. The molecule has 0 radical (unpaired) electrons. The van der Waals surface area contributed by atoms with Crippen molar-refractivity contribution in [2.24, 2.45) is 0 Å². The summed E-state index contributed by atoms with van der Waals surface area (Å²) in [4.78, 5) is 0. The fourth-order valence-corrected chi connectivity index (χ4v) is 0.361. The van der Waals surface area contributed by atoms with Crippen molar-refractivity contribution in [3.05, 3.63) is 36.2 Å². The van der Waals surface area contributed by atoms with Gasteiger partial charge in [0.25, 0.3) is 0 Å². The molecular weight excluding hydrogens is 134 g/mol. The summed E-state index contributed by atoms with van der Waals surface area (Å²) in [6.45, 7) is 4.13. The van der Waals surface area contributed by atoms with Crippen LogP contribution >= 0.6 is 0 Å². The van der Waals surface area contributed by atoms with Gasteiger partial charge in [0.1, 0.15) is 12.5 Å². The zero-order valence-electron chi connectivity index (χ0n) is 5.90. The molecule has 0 saturated carbocycles. The van der Waals surface area contributed by atoms with Gasteiger partial charge in [-0.2, -0.15) is 0 Å². The molecule has 0 rings (SSSR count). The van der Waals surface area contributed by atoms with Gasteiger partial charge in [0.2, 0.25) is 0 Å². The molecule has 0 aliphatic rings. The van der Waals surface area contributed by atoms with E-state index in [2.05, 4.69) is 6.58 Å². The average Bonchev–Trinajstić information content (AvgIpc) is 1.87. The van der Waals surface area contributed by atoms with E-state index >= 15 is 0 Å². The van der Waals surface area contributed by atoms with Crippen molar-refractivity contribution >= 4 is 0 Å². The fourth-order valence-electron chi connectivity index (χ4n) is 0.361. The Morgan fingerprint density at radius 2 is 2.20 bits per heavy atom. The predicted octanol–water partition coefficient (Wildman–Crippen LogP) is 2.94. The Hall–Kier alpha value is -0.920. The molecule has 0 aromatic carbocycles. The number of hydrogen-bond donors (Lipinski definition) is 0. The first-order chi connectivity index (χ1) is 4.66. The lowest BCUT2D eigenvalue weighted by Crippen LogP contribution is -1.74. The molecule has 0 spiro atoms. The summed E-state index contributed by atoms with van der Waals surface area (Å²) in [5, 5.41) is 0. The predicted molar refractivity (Wildman–Crippen MR) is 39.1 cm³/mol. The number of rotatable bonds is 3. The number of alkyl halides is 1. The lowest BCUT2D eigenvalue weighted by atomic mass is 10.3. The van der Waals surface area contributed by atoms with Crippen LogP contribution in [0.25, 0.3) is 0 Å². The molecule has 0 atom stereocenters. The van der Waals surface area contributed by atoms with E-state index < -0.39 is 12.5 Å². The molecule has 0 saturated heterocycles. The maximum atomic E-state index is 11.9. The number of allylic oxidation sites excluding steroid dienone is 5. The van der Waals surface area contributed by atoms with Gasteiger partial charge >= 0.3 is 0 Å². The topological polar surface area (TPSA) is 0 Å². The zero-order chi connectivity index (χ0) is 7.98. The molecule has 2 heteroatoms. The summed E-state index contributed by atoms with van der Waals surface area (Å²) in [5.74, 6) is -0.525. The van der Waals surface area contributed by atoms with Crippen molar-refractivity contribution in [1.82, 2.24) is 0 Å². The van der Waals surface area contributed by atoms with E-state index in [9.17, 15) is 8.78 Å². The van der Waals surface area contributed by atoms with Gasteiger partial charge in [0.05, 0.1) is 0 Å². The maximum absolute atomic E-state index is 11.9. The van der Waals surface area contributed by atoms with Crippen LogP contribution in [0.4, 0.5) is 8.78 Å². The number of halogens is 2. The lowest BCUT2D eigenvalue weighted by Gasteiger charge is -1.85. The Balaban J connectivity index is 3.82. The molecule has 0 aliphatic heterocycles. The van der Waals surface area contributed by atoms with Crippen molar-refractivity contribution < 1.29 is 8.78 Å². The van der Waals surface area contributed by atoms with Crippen LogP contribution in [0.3, 0.4) is 0 Å². The molecule has 10 heavy (non-hydrogen) atoms. The molecule has 0 bridgehead atoms. The van der Waals surface area contributed by atoms with Gasteiger partial charge in [0.15, 0.2) is 0 Å². The minimum atomic E-state index is -0.525. The van der Waals surface area contributed by atoms with Crippen molar-refractivity contribution in [3.63, 3.8) is 0 Å². The summed E-state index contributed by atoms with van der Waals surface area (Å²) in [6, 6.07) is 0. The molecule has 0 unspecified atom stereocenters. The monoisotopic (exact) mass is 144 g/mol. The van der Waals surface area contributed by atoms with Crippen molar-refractivity contribution in [2.75, 3.05) is 6.67 Å². The van der Waals surface area contributed by atoms with Crippen molar-refractivity contribution in [3.8, 4) is 0 Å². The molecule has 0 N–H and O–H groups in total. The standard InChI is InChI=1S/C8H10F2/c1-7(6-9)4-3-5-8(2)10/h3-5H,2,6H2,1H3/b5-3-,7-4-. The Labute approximate surface area is 59.6 Å². The summed E-state index contributed by atoms with van der Waals surface area (Å²) in [6.07, 6.45) is 4.11. The average molecular weight is 144 g/mol. The summed E-state index contributed by atoms with van der Waals surface area (Å²) < 4.78 is 23.5. The number of hydrogen-bond acceptors (Lipinski definition) is 0. The fraction of sp³-hybridized carbons (Fsp3) is 0.250. The smallest absolute Gasteiger partial charge is 0.116 e. The maximum Gasteiger partial charge on any atom is 0.116 e. The third-order valence-corrected chi connectivity index (χ3v) is 0.869. The van der Waals surface area contributed by atoms with Crippen LogP contribution in [-0.2, 0) is 0 Å². The van der Waals surface area contributed by atoms with Crippen LogP contribution < -0.4 is 0 Å². The molecule has 0 heterocycles. The highest BCUT2D eigenvalue weighted by atomic mass is 19.1. The van der Waals surface area contributed by atoms with E-state index in [1.54, 1.807) is 6.92 Å². The van der Waals surface area contributed by atoms with Gasteiger partial charge in [-0.05, 0) is 18.6 Å². The second-order valence-corrected chi connectivity index (χ2v) is 1.95. The van der Waals surface area contributed by atoms with Crippen LogP contribution in [0.5, 0.6) is 0 Å².